The van der Waals surface area contributed by atoms with Crippen LogP contribution >= 0.6 is 0 Å². The minimum Gasteiger partial charge on any atom is -0.399 e. The minimum atomic E-state index is 0.393. The summed E-state index contributed by atoms with van der Waals surface area (Å²) in [6, 6.07) is 3.79. The SMILES string of the molecule is Nc1ccnc(N2CCNC3(CC3)C2)c1. The molecule has 1 aliphatic carbocycles. The average Bonchev–Trinajstić information content (AvgIpc) is 2.98. The van der Waals surface area contributed by atoms with Gasteiger partial charge in [0.2, 0.25) is 0 Å². The number of hydrogen-bond donors (Lipinski definition) is 2. The number of piperazine rings is 1. The summed E-state index contributed by atoms with van der Waals surface area (Å²) in [5, 5.41) is 3.58. The van der Waals surface area contributed by atoms with Crippen molar-refractivity contribution < 1.29 is 0 Å². The number of hydrogen-bond acceptors (Lipinski definition) is 4. The molecule has 0 atom stereocenters. The molecule has 0 unspecified atom stereocenters. The highest BCUT2D eigenvalue weighted by Crippen LogP contribution is 2.38. The number of pyridine rings is 1. The Bertz CT molecular complexity index is 373. The normalized spacial score (nSPS) is 23.1. The van der Waals surface area contributed by atoms with Gasteiger partial charge in [-0.05, 0) is 18.9 Å². The lowest BCUT2D eigenvalue weighted by atomic mass is 10.2. The van der Waals surface area contributed by atoms with Gasteiger partial charge in [0.05, 0.1) is 0 Å². The molecule has 0 radical (unpaired) electrons. The van der Waals surface area contributed by atoms with E-state index in [-0.39, 0.29) is 0 Å². The first kappa shape index (κ1) is 8.97. The molecule has 1 aromatic heterocycles. The molecule has 1 aromatic rings. The monoisotopic (exact) mass is 204 g/mol. The molecule has 1 spiro atoms. The Kier molecular flexibility index (Phi) is 1.85. The van der Waals surface area contributed by atoms with Gasteiger partial charge in [0.1, 0.15) is 5.82 Å². The molecule has 2 heterocycles. The predicted octanol–water partition coefficient (Wildman–Crippen LogP) is 0.606. The van der Waals surface area contributed by atoms with Gasteiger partial charge in [-0.1, -0.05) is 0 Å². The van der Waals surface area contributed by atoms with Gasteiger partial charge in [-0.15, -0.1) is 0 Å². The molecule has 0 aromatic carbocycles. The van der Waals surface area contributed by atoms with Gasteiger partial charge in [-0.3, -0.25) is 0 Å². The summed E-state index contributed by atoms with van der Waals surface area (Å²) in [5.41, 5.74) is 6.95. The lowest BCUT2D eigenvalue weighted by molar-refractivity contribution is 0.440. The highest BCUT2D eigenvalue weighted by molar-refractivity contribution is 5.51. The van der Waals surface area contributed by atoms with Gasteiger partial charge in [-0.25, -0.2) is 4.98 Å². The molecule has 2 fully saturated rings. The van der Waals surface area contributed by atoms with E-state index in [2.05, 4.69) is 15.2 Å². The summed E-state index contributed by atoms with van der Waals surface area (Å²) < 4.78 is 0. The maximum Gasteiger partial charge on any atom is 0.130 e. The third-order valence-electron chi connectivity index (χ3n) is 3.32. The summed E-state index contributed by atoms with van der Waals surface area (Å²) in [4.78, 5) is 6.71. The fourth-order valence-electron chi connectivity index (χ4n) is 2.24. The van der Waals surface area contributed by atoms with E-state index in [9.17, 15) is 0 Å². The largest absolute Gasteiger partial charge is 0.399 e. The fourth-order valence-corrected chi connectivity index (χ4v) is 2.24. The molecule has 2 aliphatic rings. The Hall–Kier alpha value is -1.29. The predicted molar refractivity (Wildman–Crippen MR) is 60.8 cm³/mol. The molecule has 4 heteroatoms. The third-order valence-corrected chi connectivity index (χ3v) is 3.32. The van der Waals surface area contributed by atoms with Crippen molar-refractivity contribution in [2.45, 2.75) is 18.4 Å². The van der Waals surface area contributed by atoms with Gasteiger partial charge >= 0.3 is 0 Å². The maximum absolute atomic E-state index is 5.77. The number of nitrogens with two attached hydrogens (primary N) is 1. The van der Waals surface area contributed by atoms with Crippen molar-refractivity contribution in [2.24, 2.45) is 0 Å². The van der Waals surface area contributed by atoms with Gasteiger partial charge in [-0.2, -0.15) is 0 Å². The molecule has 3 rings (SSSR count). The van der Waals surface area contributed by atoms with E-state index in [0.717, 1.165) is 31.1 Å². The van der Waals surface area contributed by atoms with Crippen LogP contribution in [0, 0.1) is 0 Å². The first-order valence-corrected chi connectivity index (χ1v) is 5.49. The molecule has 4 nitrogen and oxygen atoms in total. The van der Waals surface area contributed by atoms with E-state index in [1.54, 1.807) is 6.20 Å². The molecule has 3 N–H and O–H groups in total. The smallest absolute Gasteiger partial charge is 0.130 e. The molecule has 80 valence electrons. The van der Waals surface area contributed by atoms with Crippen molar-refractivity contribution in [3.63, 3.8) is 0 Å². The van der Waals surface area contributed by atoms with Crippen molar-refractivity contribution >= 4 is 11.5 Å². The number of nitrogens with zero attached hydrogens (tertiary/aromatic N) is 2. The zero-order chi connectivity index (χ0) is 10.3. The molecule has 0 bridgehead atoms. The highest BCUT2D eigenvalue weighted by Gasteiger charge is 2.45. The Morgan fingerprint density at radius 3 is 3.07 bits per heavy atom. The molecule has 15 heavy (non-hydrogen) atoms. The van der Waals surface area contributed by atoms with E-state index in [0.29, 0.717) is 5.54 Å². The number of nitrogen functional groups attached to an aromatic ring is 1. The second-order valence-electron chi connectivity index (χ2n) is 4.58. The van der Waals surface area contributed by atoms with E-state index in [4.69, 9.17) is 5.73 Å². The quantitative estimate of drug-likeness (QED) is 0.703. The van der Waals surface area contributed by atoms with Crippen LogP contribution in [-0.4, -0.2) is 30.2 Å². The highest BCUT2D eigenvalue weighted by atomic mass is 15.3. The Balaban J connectivity index is 1.81. The third kappa shape index (κ3) is 1.65. The number of rotatable bonds is 1. The van der Waals surface area contributed by atoms with Crippen LogP contribution in [0.4, 0.5) is 11.5 Å². The van der Waals surface area contributed by atoms with E-state index >= 15 is 0 Å². The van der Waals surface area contributed by atoms with Crippen LogP contribution in [0.1, 0.15) is 12.8 Å². The second-order valence-corrected chi connectivity index (χ2v) is 4.58. The molecule has 1 saturated heterocycles. The summed E-state index contributed by atoms with van der Waals surface area (Å²) in [6.07, 6.45) is 4.38. The van der Waals surface area contributed by atoms with Crippen molar-refractivity contribution in [3.05, 3.63) is 18.3 Å². The van der Waals surface area contributed by atoms with E-state index < -0.39 is 0 Å². The topological polar surface area (TPSA) is 54.2 Å². The van der Waals surface area contributed by atoms with E-state index in [1.807, 2.05) is 12.1 Å². The van der Waals surface area contributed by atoms with Crippen LogP contribution in [-0.2, 0) is 0 Å². The summed E-state index contributed by atoms with van der Waals surface area (Å²) >= 11 is 0. The number of anilines is 2. The summed E-state index contributed by atoms with van der Waals surface area (Å²) in [5.74, 6) is 1.02. The van der Waals surface area contributed by atoms with E-state index in [1.165, 1.54) is 12.8 Å². The van der Waals surface area contributed by atoms with Crippen LogP contribution in [0.5, 0.6) is 0 Å². The lowest BCUT2D eigenvalue weighted by Crippen LogP contribution is -2.52. The molecule has 0 amide bonds. The molecule has 1 aliphatic heterocycles. The van der Waals surface area contributed by atoms with Crippen LogP contribution in [0.2, 0.25) is 0 Å². The molecule has 1 saturated carbocycles. The van der Waals surface area contributed by atoms with Crippen molar-refractivity contribution in [3.8, 4) is 0 Å². The molecular weight excluding hydrogens is 188 g/mol. The number of nitrogens with one attached hydrogen (secondary N) is 1. The zero-order valence-corrected chi connectivity index (χ0v) is 8.74. The van der Waals surface area contributed by atoms with Crippen LogP contribution in [0.25, 0.3) is 0 Å². The minimum absolute atomic E-state index is 0.393. The zero-order valence-electron chi connectivity index (χ0n) is 8.74. The Labute approximate surface area is 89.5 Å². The van der Waals surface area contributed by atoms with Crippen LogP contribution in [0.15, 0.2) is 18.3 Å². The van der Waals surface area contributed by atoms with Crippen LogP contribution in [0.3, 0.4) is 0 Å². The van der Waals surface area contributed by atoms with Gasteiger partial charge in [0, 0.05) is 43.1 Å². The van der Waals surface area contributed by atoms with Gasteiger partial charge in [0.25, 0.3) is 0 Å². The number of aromatic nitrogens is 1. The lowest BCUT2D eigenvalue weighted by Gasteiger charge is -2.34. The first-order chi connectivity index (χ1) is 7.27. The van der Waals surface area contributed by atoms with Crippen molar-refractivity contribution in [2.75, 3.05) is 30.3 Å². The van der Waals surface area contributed by atoms with Crippen LogP contribution < -0.4 is 16.0 Å². The Morgan fingerprint density at radius 2 is 2.33 bits per heavy atom. The van der Waals surface area contributed by atoms with Gasteiger partial charge < -0.3 is 16.0 Å². The summed E-state index contributed by atoms with van der Waals surface area (Å²) in [7, 11) is 0. The summed E-state index contributed by atoms with van der Waals surface area (Å²) in [6.45, 7) is 3.15. The standard InChI is InChI=1S/C11H16N4/c12-9-1-4-13-10(7-9)15-6-5-14-11(8-15)2-3-11/h1,4,7,14H,2-3,5-6,8H2,(H2,12,13). The second kappa shape index (κ2) is 3.10. The fraction of sp³-hybridized carbons (Fsp3) is 0.545. The average molecular weight is 204 g/mol. The van der Waals surface area contributed by atoms with Crippen molar-refractivity contribution in [1.82, 2.24) is 10.3 Å². The first-order valence-electron chi connectivity index (χ1n) is 5.49. The Morgan fingerprint density at radius 1 is 1.47 bits per heavy atom. The maximum atomic E-state index is 5.77. The van der Waals surface area contributed by atoms with Crippen molar-refractivity contribution in [1.29, 1.82) is 0 Å². The van der Waals surface area contributed by atoms with Gasteiger partial charge in [0.15, 0.2) is 0 Å². The molecular formula is C11H16N4.